The normalized spacial score (nSPS) is 29.5. The van der Waals surface area contributed by atoms with Crippen LogP contribution in [-0.2, 0) is 25.5 Å². The first kappa shape index (κ1) is 25.8. The monoisotopic (exact) mass is 527 g/mol. The van der Waals surface area contributed by atoms with Gasteiger partial charge in [-0.25, -0.2) is 0 Å². The highest BCUT2D eigenvalue weighted by Gasteiger charge is 2.72. The molecule has 6 rings (SSSR count). The van der Waals surface area contributed by atoms with Gasteiger partial charge in [-0.05, 0) is 61.9 Å². The maximum absolute atomic E-state index is 14.1. The number of hydrogen-bond acceptors (Lipinski definition) is 4. The number of fused-ring (bicyclic) bond motifs is 1. The third-order valence-electron chi connectivity index (χ3n) is 9.14. The van der Waals surface area contributed by atoms with E-state index in [1.807, 2.05) is 74.5 Å². The van der Waals surface area contributed by atoms with Gasteiger partial charge in [-0.15, -0.1) is 0 Å². The lowest BCUT2D eigenvalue weighted by Crippen LogP contribution is -2.56. The van der Waals surface area contributed by atoms with Crippen LogP contribution < -0.4 is 10.6 Å². The van der Waals surface area contributed by atoms with E-state index < -0.39 is 29.6 Å². The molecule has 3 amide bonds. The summed E-state index contributed by atoms with van der Waals surface area (Å²) in [7, 11) is 0. The Kier molecular flexibility index (Phi) is 6.79. The largest absolute Gasteiger partial charge is 0.359 e. The molecule has 3 unspecified atom stereocenters. The molecule has 7 nitrogen and oxygen atoms in total. The number of hydrogen-bond donors (Lipinski definition) is 2. The van der Waals surface area contributed by atoms with Gasteiger partial charge in [0, 0.05) is 18.3 Å². The summed E-state index contributed by atoms with van der Waals surface area (Å²) in [6.45, 7) is 4.42. The summed E-state index contributed by atoms with van der Waals surface area (Å²) in [5.74, 6) is -2.04. The standard InChI is InChI=1S/C32H37N3O4/c1-20-13-14-24(19-21(20)2)34-29(36)26-25-15-17-32(39-25)27(26)31(38)35(18-16-22-9-5-3-6-10-22)28(32)30(37)33-23-11-7-4-8-12-23/h3,5-6,9-10,13-15,17,19,23,25-28H,4,7-8,11-12,16,18H2,1-2H3,(H,33,37)(H,34,36)/t25-,26?,27-,28?,32?/m0/s1. The van der Waals surface area contributed by atoms with E-state index in [1.165, 1.54) is 6.42 Å². The molecule has 0 aromatic heterocycles. The molecule has 3 heterocycles. The highest BCUT2D eigenvalue weighted by Crippen LogP contribution is 2.55. The molecule has 2 saturated heterocycles. The molecule has 2 N–H and O–H groups in total. The number of anilines is 1. The fourth-order valence-electron chi connectivity index (χ4n) is 6.97. The number of amides is 3. The molecule has 1 aliphatic carbocycles. The average molecular weight is 528 g/mol. The van der Waals surface area contributed by atoms with Crippen LogP contribution in [0.1, 0.15) is 48.8 Å². The molecule has 1 spiro atoms. The zero-order valence-corrected chi connectivity index (χ0v) is 22.7. The SMILES string of the molecule is Cc1ccc(NC(=O)C2[C@@H]3C=CC4(O3)C(C(=O)NC3CCCCC3)N(CCc3ccccc3)C(=O)[C@H]24)cc1C. The van der Waals surface area contributed by atoms with E-state index in [0.717, 1.165) is 42.4 Å². The van der Waals surface area contributed by atoms with E-state index in [-0.39, 0.29) is 23.8 Å². The Morgan fingerprint density at radius 1 is 1.00 bits per heavy atom. The second kappa shape index (κ2) is 10.3. The van der Waals surface area contributed by atoms with Gasteiger partial charge >= 0.3 is 0 Å². The minimum absolute atomic E-state index is 0.110. The summed E-state index contributed by atoms with van der Waals surface area (Å²) in [6.07, 6.45) is 9.12. The maximum Gasteiger partial charge on any atom is 0.246 e. The van der Waals surface area contributed by atoms with Crippen molar-refractivity contribution in [2.24, 2.45) is 11.8 Å². The predicted octanol–water partition coefficient (Wildman–Crippen LogP) is 4.08. The van der Waals surface area contributed by atoms with Gasteiger partial charge in [0.15, 0.2) is 0 Å². The van der Waals surface area contributed by atoms with Crippen molar-refractivity contribution < 1.29 is 19.1 Å². The van der Waals surface area contributed by atoms with Gasteiger partial charge < -0.3 is 20.3 Å². The van der Waals surface area contributed by atoms with E-state index in [4.69, 9.17) is 4.74 Å². The van der Waals surface area contributed by atoms with Gasteiger partial charge in [-0.2, -0.15) is 0 Å². The Labute approximate surface area is 230 Å². The molecule has 3 aliphatic heterocycles. The summed E-state index contributed by atoms with van der Waals surface area (Å²) < 4.78 is 6.48. The lowest BCUT2D eigenvalue weighted by molar-refractivity contribution is -0.141. The second-order valence-electron chi connectivity index (χ2n) is 11.6. The molecule has 7 heteroatoms. The third-order valence-corrected chi connectivity index (χ3v) is 9.14. The fourth-order valence-corrected chi connectivity index (χ4v) is 6.97. The average Bonchev–Trinajstić information content (AvgIpc) is 3.58. The van der Waals surface area contributed by atoms with Gasteiger partial charge in [-0.3, -0.25) is 14.4 Å². The molecule has 4 aliphatic rings. The number of rotatable bonds is 7. The first-order chi connectivity index (χ1) is 18.9. The van der Waals surface area contributed by atoms with Crippen LogP contribution in [0.3, 0.4) is 0 Å². The predicted molar refractivity (Wildman–Crippen MR) is 149 cm³/mol. The summed E-state index contributed by atoms with van der Waals surface area (Å²) >= 11 is 0. The molecule has 5 atom stereocenters. The quantitative estimate of drug-likeness (QED) is 0.531. The highest BCUT2D eigenvalue weighted by atomic mass is 16.5. The van der Waals surface area contributed by atoms with E-state index in [0.29, 0.717) is 18.7 Å². The Bertz CT molecular complexity index is 1300. The molecule has 2 bridgehead atoms. The molecule has 39 heavy (non-hydrogen) atoms. The van der Waals surface area contributed by atoms with Crippen LogP contribution in [-0.4, -0.2) is 53.0 Å². The summed E-state index contributed by atoms with van der Waals surface area (Å²) in [5.41, 5.74) is 2.88. The Hall–Kier alpha value is -3.45. The molecule has 2 aromatic rings. The van der Waals surface area contributed by atoms with Crippen LogP contribution in [0.5, 0.6) is 0 Å². The fraction of sp³-hybridized carbons (Fsp3) is 0.469. The first-order valence-corrected chi connectivity index (χ1v) is 14.3. The van der Waals surface area contributed by atoms with Gasteiger partial charge in [0.2, 0.25) is 17.7 Å². The van der Waals surface area contributed by atoms with Crippen molar-refractivity contribution in [3.05, 3.63) is 77.4 Å². The highest BCUT2D eigenvalue weighted by molar-refractivity contribution is 6.02. The maximum atomic E-state index is 14.1. The van der Waals surface area contributed by atoms with Crippen molar-refractivity contribution in [1.29, 1.82) is 0 Å². The summed E-state index contributed by atoms with van der Waals surface area (Å²) in [4.78, 5) is 43.4. The zero-order valence-electron chi connectivity index (χ0n) is 22.7. The number of nitrogens with zero attached hydrogens (tertiary/aromatic N) is 1. The van der Waals surface area contributed by atoms with Crippen molar-refractivity contribution in [2.75, 3.05) is 11.9 Å². The third kappa shape index (κ3) is 4.56. The first-order valence-electron chi connectivity index (χ1n) is 14.3. The number of carbonyl (C=O) groups is 3. The molecular formula is C32H37N3O4. The number of ether oxygens (including phenoxy) is 1. The van der Waals surface area contributed by atoms with Crippen LogP contribution >= 0.6 is 0 Å². The van der Waals surface area contributed by atoms with Crippen LogP contribution in [0.15, 0.2) is 60.7 Å². The molecule has 3 fully saturated rings. The molecule has 2 aromatic carbocycles. The van der Waals surface area contributed by atoms with Crippen LogP contribution in [0, 0.1) is 25.7 Å². The van der Waals surface area contributed by atoms with Crippen molar-refractivity contribution in [2.45, 2.75) is 76.2 Å². The van der Waals surface area contributed by atoms with Gasteiger partial charge in [-0.1, -0.05) is 67.8 Å². The Morgan fingerprint density at radius 3 is 2.51 bits per heavy atom. The number of benzene rings is 2. The molecule has 1 saturated carbocycles. The van der Waals surface area contributed by atoms with Gasteiger partial charge in [0.25, 0.3) is 0 Å². The van der Waals surface area contributed by atoms with Crippen molar-refractivity contribution in [3.63, 3.8) is 0 Å². The Balaban J connectivity index is 1.29. The number of carbonyl (C=O) groups excluding carboxylic acids is 3. The zero-order chi connectivity index (χ0) is 27.1. The van der Waals surface area contributed by atoms with Crippen molar-refractivity contribution >= 4 is 23.4 Å². The smallest absolute Gasteiger partial charge is 0.246 e. The lowest BCUT2D eigenvalue weighted by atomic mass is 9.74. The lowest BCUT2D eigenvalue weighted by Gasteiger charge is -2.34. The summed E-state index contributed by atoms with van der Waals surface area (Å²) in [5, 5.41) is 6.27. The second-order valence-corrected chi connectivity index (χ2v) is 11.6. The van der Waals surface area contributed by atoms with Crippen LogP contribution in [0.25, 0.3) is 0 Å². The molecule has 204 valence electrons. The van der Waals surface area contributed by atoms with E-state index in [2.05, 4.69) is 10.6 Å². The van der Waals surface area contributed by atoms with Gasteiger partial charge in [0.05, 0.1) is 17.9 Å². The van der Waals surface area contributed by atoms with E-state index in [9.17, 15) is 14.4 Å². The summed E-state index contributed by atoms with van der Waals surface area (Å²) in [6, 6.07) is 15.1. The van der Waals surface area contributed by atoms with Crippen molar-refractivity contribution in [1.82, 2.24) is 10.2 Å². The molecule has 0 radical (unpaired) electrons. The number of likely N-dealkylation sites (tertiary alicyclic amines) is 1. The minimum Gasteiger partial charge on any atom is -0.359 e. The van der Waals surface area contributed by atoms with E-state index in [1.54, 1.807) is 4.90 Å². The Morgan fingerprint density at radius 2 is 1.77 bits per heavy atom. The minimum atomic E-state index is -1.14. The topological polar surface area (TPSA) is 87.7 Å². The van der Waals surface area contributed by atoms with Crippen molar-refractivity contribution in [3.8, 4) is 0 Å². The molecular weight excluding hydrogens is 490 g/mol. The number of nitrogens with one attached hydrogen (secondary N) is 2. The van der Waals surface area contributed by atoms with Crippen LogP contribution in [0.4, 0.5) is 5.69 Å². The van der Waals surface area contributed by atoms with Gasteiger partial charge in [0.1, 0.15) is 11.6 Å². The van der Waals surface area contributed by atoms with E-state index >= 15 is 0 Å². The number of aryl methyl sites for hydroxylation is 2. The van der Waals surface area contributed by atoms with Crippen LogP contribution in [0.2, 0.25) is 0 Å².